The molecule has 0 amide bonds. The Kier molecular flexibility index (Phi) is 13.5. The van der Waals surface area contributed by atoms with E-state index >= 15 is 0 Å². The quantitative estimate of drug-likeness (QED) is 0.407. The highest BCUT2D eigenvalue weighted by Gasteiger charge is 1.95. The number of carboxylic acids is 1. The number of carboxylic acid groups (broad SMARTS) is 1. The Morgan fingerprint density at radius 1 is 1.00 bits per heavy atom. The fraction of sp³-hybridized carbons (Fsp3) is 0.786. The van der Waals surface area contributed by atoms with Crippen LogP contribution in [0.3, 0.4) is 0 Å². The minimum atomic E-state index is -0.720. The van der Waals surface area contributed by atoms with E-state index in [1.165, 1.54) is 0 Å². The van der Waals surface area contributed by atoms with Gasteiger partial charge in [0, 0.05) is 19.6 Å². The van der Waals surface area contributed by atoms with E-state index < -0.39 is 5.97 Å². The van der Waals surface area contributed by atoms with Gasteiger partial charge in [-0.15, -0.1) is 0 Å². The van der Waals surface area contributed by atoms with Crippen molar-refractivity contribution >= 4 is 5.97 Å². The normalized spacial score (nSPS) is 11.2. The lowest BCUT2D eigenvalue weighted by molar-refractivity contribution is -0.137. The highest BCUT2D eigenvalue weighted by molar-refractivity contribution is 5.66. The summed E-state index contributed by atoms with van der Waals surface area (Å²) in [6.07, 6.45) is 9.04. The fourth-order valence-corrected chi connectivity index (χ4v) is 1.34. The van der Waals surface area contributed by atoms with Crippen molar-refractivity contribution in [1.82, 2.24) is 0 Å². The lowest BCUT2D eigenvalue weighted by Gasteiger charge is -2.01. The lowest BCUT2D eigenvalue weighted by atomic mass is 10.2. The van der Waals surface area contributed by atoms with Crippen LogP contribution in [-0.2, 0) is 14.3 Å². The van der Waals surface area contributed by atoms with Gasteiger partial charge in [-0.3, -0.25) is 4.79 Å². The topological polar surface area (TPSA) is 55.8 Å². The lowest BCUT2D eigenvalue weighted by Crippen LogP contribution is -1.98. The third-order valence-corrected chi connectivity index (χ3v) is 2.42. The van der Waals surface area contributed by atoms with Gasteiger partial charge in [-0.1, -0.05) is 31.9 Å². The summed E-state index contributed by atoms with van der Waals surface area (Å²) in [6, 6.07) is 0. The Morgan fingerprint density at radius 2 is 1.61 bits per heavy atom. The molecule has 0 fully saturated rings. The number of ether oxygens (including phenoxy) is 2. The summed E-state index contributed by atoms with van der Waals surface area (Å²) >= 11 is 0. The second-order valence-electron chi connectivity index (χ2n) is 4.18. The largest absolute Gasteiger partial charge is 0.481 e. The number of aliphatic carboxylic acids is 1. The van der Waals surface area contributed by atoms with Gasteiger partial charge in [0.2, 0.25) is 0 Å². The van der Waals surface area contributed by atoms with Gasteiger partial charge < -0.3 is 14.6 Å². The average molecular weight is 258 g/mol. The Balaban J connectivity index is 3.06. The standard InChI is InChI=1S/C14H26O4/c1-2-3-10-17-12-7-8-13-18-11-6-4-5-9-14(15)16/h7-8H,2-6,9-13H2,1H3,(H,15,16)/b8-7-. The van der Waals surface area contributed by atoms with Crippen molar-refractivity contribution in [2.45, 2.75) is 45.4 Å². The molecule has 0 aliphatic heterocycles. The van der Waals surface area contributed by atoms with Crippen LogP contribution >= 0.6 is 0 Å². The van der Waals surface area contributed by atoms with Gasteiger partial charge in [-0.2, -0.15) is 0 Å². The summed E-state index contributed by atoms with van der Waals surface area (Å²) in [5.41, 5.74) is 0. The first-order valence-electron chi connectivity index (χ1n) is 6.79. The van der Waals surface area contributed by atoms with Crippen molar-refractivity contribution in [3.05, 3.63) is 12.2 Å². The number of hydrogen-bond acceptors (Lipinski definition) is 3. The van der Waals surface area contributed by atoms with Gasteiger partial charge in [0.05, 0.1) is 13.2 Å². The third-order valence-electron chi connectivity index (χ3n) is 2.42. The van der Waals surface area contributed by atoms with Gasteiger partial charge >= 0.3 is 5.97 Å². The maximum absolute atomic E-state index is 10.2. The smallest absolute Gasteiger partial charge is 0.303 e. The molecule has 106 valence electrons. The molecule has 0 aromatic heterocycles. The summed E-state index contributed by atoms with van der Waals surface area (Å²) in [4.78, 5) is 10.2. The minimum Gasteiger partial charge on any atom is -0.481 e. The zero-order valence-electron chi connectivity index (χ0n) is 11.4. The van der Waals surface area contributed by atoms with Crippen molar-refractivity contribution < 1.29 is 19.4 Å². The predicted molar refractivity (Wildman–Crippen MR) is 71.8 cm³/mol. The molecule has 0 saturated heterocycles. The van der Waals surface area contributed by atoms with E-state index in [1.807, 2.05) is 12.2 Å². The molecule has 0 radical (unpaired) electrons. The monoisotopic (exact) mass is 258 g/mol. The van der Waals surface area contributed by atoms with E-state index in [0.717, 1.165) is 38.7 Å². The van der Waals surface area contributed by atoms with Crippen LogP contribution in [0.15, 0.2) is 12.2 Å². The summed E-state index contributed by atoms with van der Waals surface area (Å²) in [5, 5.41) is 8.44. The zero-order chi connectivity index (χ0) is 13.5. The summed E-state index contributed by atoms with van der Waals surface area (Å²) < 4.78 is 10.7. The third kappa shape index (κ3) is 15.1. The molecule has 18 heavy (non-hydrogen) atoms. The molecule has 4 heteroatoms. The average Bonchev–Trinajstić information content (AvgIpc) is 2.34. The maximum atomic E-state index is 10.2. The molecule has 0 aromatic carbocycles. The Bertz CT molecular complexity index is 214. The van der Waals surface area contributed by atoms with Crippen LogP contribution in [-0.4, -0.2) is 37.5 Å². The van der Waals surface area contributed by atoms with Crippen LogP contribution in [0.25, 0.3) is 0 Å². The minimum absolute atomic E-state index is 0.259. The molecule has 0 saturated carbocycles. The van der Waals surface area contributed by atoms with Gasteiger partial charge in [-0.25, -0.2) is 0 Å². The molecule has 0 unspecified atom stereocenters. The second kappa shape index (κ2) is 14.2. The molecule has 0 atom stereocenters. The maximum Gasteiger partial charge on any atom is 0.303 e. The van der Waals surface area contributed by atoms with E-state index in [0.29, 0.717) is 19.8 Å². The van der Waals surface area contributed by atoms with Crippen LogP contribution < -0.4 is 0 Å². The van der Waals surface area contributed by atoms with Crippen LogP contribution in [0.2, 0.25) is 0 Å². The van der Waals surface area contributed by atoms with Gasteiger partial charge in [0.15, 0.2) is 0 Å². The first kappa shape index (κ1) is 17.1. The SMILES string of the molecule is CCCCOC/C=C\COCCCCCC(=O)O. The molecular weight excluding hydrogens is 232 g/mol. The van der Waals surface area contributed by atoms with E-state index in [2.05, 4.69) is 6.92 Å². The van der Waals surface area contributed by atoms with Crippen LogP contribution in [0, 0.1) is 0 Å². The van der Waals surface area contributed by atoms with Crippen molar-refractivity contribution in [2.75, 3.05) is 26.4 Å². The van der Waals surface area contributed by atoms with Gasteiger partial charge in [-0.05, 0) is 19.3 Å². The first-order chi connectivity index (χ1) is 8.77. The van der Waals surface area contributed by atoms with Crippen LogP contribution in [0.5, 0.6) is 0 Å². The molecular formula is C14H26O4. The first-order valence-corrected chi connectivity index (χ1v) is 6.79. The molecule has 0 aliphatic carbocycles. The van der Waals surface area contributed by atoms with Crippen molar-refractivity contribution in [2.24, 2.45) is 0 Å². The Morgan fingerprint density at radius 3 is 2.17 bits per heavy atom. The van der Waals surface area contributed by atoms with Gasteiger partial charge in [0.25, 0.3) is 0 Å². The molecule has 0 heterocycles. The fourth-order valence-electron chi connectivity index (χ4n) is 1.34. The van der Waals surface area contributed by atoms with Crippen molar-refractivity contribution in [3.8, 4) is 0 Å². The van der Waals surface area contributed by atoms with E-state index in [4.69, 9.17) is 14.6 Å². The number of carbonyl (C=O) groups is 1. The molecule has 4 nitrogen and oxygen atoms in total. The zero-order valence-corrected chi connectivity index (χ0v) is 11.4. The summed E-state index contributed by atoms with van der Waals surface area (Å²) in [7, 11) is 0. The van der Waals surface area contributed by atoms with Crippen molar-refractivity contribution in [1.29, 1.82) is 0 Å². The van der Waals surface area contributed by atoms with Crippen LogP contribution in [0.4, 0.5) is 0 Å². The van der Waals surface area contributed by atoms with Crippen LogP contribution in [0.1, 0.15) is 45.4 Å². The highest BCUT2D eigenvalue weighted by atomic mass is 16.5. The summed E-state index contributed by atoms with van der Waals surface area (Å²) in [6.45, 7) is 4.92. The highest BCUT2D eigenvalue weighted by Crippen LogP contribution is 1.99. The molecule has 0 spiro atoms. The number of hydrogen-bond donors (Lipinski definition) is 1. The predicted octanol–water partition coefficient (Wildman–Crippen LogP) is 3.02. The van der Waals surface area contributed by atoms with E-state index in [9.17, 15) is 4.79 Å². The summed E-state index contributed by atoms with van der Waals surface area (Å²) in [5.74, 6) is -0.720. The Labute approximate surface area is 110 Å². The molecule has 0 aromatic rings. The second-order valence-corrected chi connectivity index (χ2v) is 4.18. The Hall–Kier alpha value is -0.870. The van der Waals surface area contributed by atoms with E-state index in [1.54, 1.807) is 0 Å². The number of rotatable bonds is 13. The molecule has 0 bridgehead atoms. The molecule has 1 N–H and O–H groups in total. The number of unbranched alkanes of at least 4 members (excludes halogenated alkanes) is 3. The molecule has 0 rings (SSSR count). The van der Waals surface area contributed by atoms with Gasteiger partial charge in [0.1, 0.15) is 0 Å². The van der Waals surface area contributed by atoms with Crippen molar-refractivity contribution in [3.63, 3.8) is 0 Å². The molecule has 0 aliphatic rings. The van der Waals surface area contributed by atoms with E-state index in [-0.39, 0.29) is 6.42 Å².